The van der Waals surface area contributed by atoms with Gasteiger partial charge in [0.15, 0.2) is 0 Å². The number of unbranched alkanes of at least 4 members (excludes halogenated alkanes) is 2. The number of rotatable bonds is 8. The Labute approximate surface area is 140 Å². The van der Waals surface area contributed by atoms with Crippen LogP contribution in [0.3, 0.4) is 0 Å². The quantitative estimate of drug-likeness (QED) is 0.493. The second kappa shape index (κ2) is 9.78. The third-order valence-corrected chi connectivity index (χ3v) is 3.83. The number of nitrogens with zero attached hydrogens (tertiary/aromatic N) is 1. The van der Waals surface area contributed by atoms with Gasteiger partial charge in [-0.1, -0.05) is 93.4 Å². The minimum absolute atomic E-state index is 1.02. The Hall–Kier alpha value is -2.15. The molecular formula is C22H27N. The van der Waals surface area contributed by atoms with Crippen LogP contribution in [0.1, 0.15) is 57.1 Å². The third-order valence-electron chi connectivity index (χ3n) is 3.83. The zero-order valence-electron chi connectivity index (χ0n) is 14.3. The van der Waals surface area contributed by atoms with Crippen LogP contribution in [0.4, 0.5) is 0 Å². The second-order valence-electron chi connectivity index (χ2n) is 5.77. The summed E-state index contributed by atoms with van der Waals surface area (Å²) in [4.78, 5) is 5.07. The number of aliphatic imine (C=N–C) groups is 1. The molecule has 0 bridgehead atoms. The second-order valence-corrected chi connectivity index (χ2v) is 5.77. The van der Waals surface area contributed by atoms with Crippen molar-refractivity contribution in [1.29, 1.82) is 0 Å². The first-order chi connectivity index (χ1) is 11.3. The van der Waals surface area contributed by atoms with Crippen molar-refractivity contribution in [1.82, 2.24) is 0 Å². The average molecular weight is 305 g/mol. The molecule has 0 atom stereocenters. The van der Waals surface area contributed by atoms with Crippen LogP contribution in [-0.4, -0.2) is 5.71 Å². The average Bonchev–Trinajstić information content (AvgIpc) is 2.62. The number of benzene rings is 2. The van der Waals surface area contributed by atoms with E-state index in [9.17, 15) is 0 Å². The number of hydrogen-bond acceptors (Lipinski definition) is 1. The summed E-state index contributed by atoms with van der Waals surface area (Å²) in [6.45, 7) is 4.44. The molecule has 0 radical (unpaired) electrons. The first kappa shape index (κ1) is 17.2. The van der Waals surface area contributed by atoms with E-state index in [1.807, 2.05) is 0 Å². The van der Waals surface area contributed by atoms with Crippen molar-refractivity contribution in [3.63, 3.8) is 0 Å². The molecule has 0 aromatic heterocycles. The van der Waals surface area contributed by atoms with Crippen LogP contribution in [0.5, 0.6) is 0 Å². The molecular weight excluding hydrogens is 278 g/mol. The van der Waals surface area contributed by atoms with Crippen LogP contribution in [0.25, 0.3) is 5.70 Å². The fraction of sp³-hybridized carbons (Fsp3) is 0.318. The minimum atomic E-state index is 1.02. The van der Waals surface area contributed by atoms with E-state index in [1.165, 1.54) is 29.7 Å². The van der Waals surface area contributed by atoms with Crippen LogP contribution in [0, 0.1) is 0 Å². The summed E-state index contributed by atoms with van der Waals surface area (Å²) in [6.07, 6.45) is 7.85. The molecule has 1 nitrogen and oxygen atoms in total. The fourth-order valence-electron chi connectivity index (χ4n) is 2.50. The lowest BCUT2D eigenvalue weighted by Crippen LogP contribution is -2.01. The van der Waals surface area contributed by atoms with Gasteiger partial charge >= 0.3 is 0 Å². The van der Waals surface area contributed by atoms with Gasteiger partial charge < -0.3 is 0 Å². The Kier molecular flexibility index (Phi) is 7.32. The van der Waals surface area contributed by atoms with E-state index in [-0.39, 0.29) is 0 Å². The summed E-state index contributed by atoms with van der Waals surface area (Å²) in [5.74, 6) is 0. The molecule has 2 aromatic carbocycles. The fourth-order valence-corrected chi connectivity index (χ4v) is 2.50. The molecule has 0 saturated carbocycles. The summed E-state index contributed by atoms with van der Waals surface area (Å²) in [6, 6.07) is 21.1. The van der Waals surface area contributed by atoms with E-state index in [1.54, 1.807) is 0 Å². The van der Waals surface area contributed by atoms with E-state index < -0.39 is 0 Å². The lowest BCUT2D eigenvalue weighted by molar-refractivity contribution is 0.835. The summed E-state index contributed by atoms with van der Waals surface area (Å²) in [5.41, 5.74) is 4.73. The Bertz CT molecular complexity index is 624. The highest BCUT2D eigenvalue weighted by Gasteiger charge is 2.06. The molecule has 23 heavy (non-hydrogen) atoms. The van der Waals surface area contributed by atoms with Gasteiger partial charge in [-0.2, -0.15) is 0 Å². The van der Waals surface area contributed by atoms with Crippen molar-refractivity contribution >= 4 is 11.4 Å². The topological polar surface area (TPSA) is 12.4 Å². The summed E-state index contributed by atoms with van der Waals surface area (Å²) in [5, 5.41) is 0. The monoisotopic (exact) mass is 305 g/mol. The highest BCUT2D eigenvalue weighted by atomic mass is 14.8. The van der Waals surface area contributed by atoms with Gasteiger partial charge in [0.05, 0.1) is 5.70 Å². The number of allylic oxidation sites excluding steroid dienone is 1. The van der Waals surface area contributed by atoms with Crippen LogP contribution < -0.4 is 0 Å². The first-order valence-electron chi connectivity index (χ1n) is 8.73. The molecule has 1 heteroatoms. The molecule has 120 valence electrons. The maximum Gasteiger partial charge on any atom is 0.0665 e. The number of hydrogen-bond donors (Lipinski definition) is 0. The molecule has 0 N–H and O–H groups in total. The minimum Gasteiger partial charge on any atom is -0.253 e. The molecule has 2 rings (SSSR count). The van der Waals surface area contributed by atoms with Crippen molar-refractivity contribution in [2.24, 2.45) is 4.99 Å². The highest BCUT2D eigenvalue weighted by Crippen LogP contribution is 2.20. The van der Waals surface area contributed by atoms with Gasteiger partial charge in [0, 0.05) is 5.71 Å². The zero-order chi connectivity index (χ0) is 16.3. The van der Waals surface area contributed by atoms with Crippen molar-refractivity contribution in [2.45, 2.75) is 46.0 Å². The third kappa shape index (κ3) is 5.52. The van der Waals surface area contributed by atoms with Crippen LogP contribution >= 0.6 is 0 Å². The van der Waals surface area contributed by atoms with Gasteiger partial charge in [0.2, 0.25) is 0 Å². The summed E-state index contributed by atoms with van der Waals surface area (Å²) >= 11 is 0. The van der Waals surface area contributed by atoms with Crippen LogP contribution in [-0.2, 0) is 0 Å². The van der Waals surface area contributed by atoms with Crippen LogP contribution in [0.15, 0.2) is 71.7 Å². The predicted molar refractivity (Wildman–Crippen MR) is 102 cm³/mol. The molecule has 0 fully saturated rings. The molecule has 2 aromatic rings. The molecule has 0 aliphatic carbocycles. The normalized spacial score (nSPS) is 12.4. The van der Waals surface area contributed by atoms with Gasteiger partial charge in [0.25, 0.3) is 0 Å². The Morgan fingerprint density at radius 2 is 1.43 bits per heavy atom. The van der Waals surface area contributed by atoms with Crippen molar-refractivity contribution in [2.75, 3.05) is 0 Å². The SMILES string of the molecule is CCC/C=C(/N=C(CCCC)c1ccccc1)c1ccccc1. The first-order valence-corrected chi connectivity index (χ1v) is 8.73. The summed E-state index contributed by atoms with van der Waals surface area (Å²) < 4.78 is 0. The largest absolute Gasteiger partial charge is 0.253 e. The maximum atomic E-state index is 5.07. The van der Waals surface area contributed by atoms with Crippen molar-refractivity contribution in [3.05, 3.63) is 77.9 Å². The van der Waals surface area contributed by atoms with Gasteiger partial charge in [-0.15, -0.1) is 0 Å². The van der Waals surface area contributed by atoms with E-state index in [0.29, 0.717) is 0 Å². The standard InChI is InChI=1S/C22H27N/c1-3-5-17-21(19-13-9-7-10-14-19)23-22(18-6-4-2)20-15-11-8-12-16-20/h7-17H,3-6,18H2,1-2H3/b21-17+,23-22?. The smallest absolute Gasteiger partial charge is 0.0665 e. The molecule has 0 amide bonds. The van der Waals surface area contributed by atoms with E-state index in [4.69, 9.17) is 4.99 Å². The molecule has 0 unspecified atom stereocenters. The van der Waals surface area contributed by atoms with E-state index in [2.05, 4.69) is 80.6 Å². The van der Waals surface area contributed by atoms with Crippen molar-refractivity contribution in [3.8, 4) is 0 Å². The molecule has 0 aliphatic rings. The Morgan fingerprint density at radius 1 is 0.826 bits per heavy atom. The van der Waals surface area contributed by atoms with Gasteiger partial charge in [-0.3, -0.25) is 4.99 Å². The maximum absolute atomic E-state index is 5.07. The molecule has 0 aliphatic heterocycles. The lowest BCUT2D eigenvalue weighted by atomic mass is 10.0. The Morgan fingerprint density at radius 3 is 2.00 bits per heavy atom. The molecule has 0 spiro atoms. The van der Waals surface area contributed by atoms with Gasteiger partial charge in [-0.05, 0) is 30.4 Å². The highest BCUT2D eigenvalue weighted by molar-refractivity contribution is 6.03. The van der Waals surface area contributed by atoms with E-state index in [0.717, 1.165) is 25.0 Å². The summed E-state index contributed by atoms with van der Waals surface area (Å²) in [7, 11) is 0. The van der Waals surface area contributed by atoms with Crippen LogP contribution in [0.2, 0.25) is 0 Å². The Balaban J connectivity index is 2.39. The van der Waals surface area contributed by atoms with E-state index >= 15 is 0 Å². The van der Waals surface area contributed by atoms with Gasteiger partial charge in [0.1, 0.15) is 0 Å². The zero-order valence-corrected chi connectivity index (χ0v) is 14.3. The van der Waals surface area contributed by atoms with Gasteiger partial charge in [-0.25, -0.2) is 0 Å². The van der Waals surface area contributed by atoms with Crippen molar-refractivity contribution < 1.29 is 0 Å². The molecule has 0 saturated heterocycles. The lowest BCUT2D eigenvalue weighted by Gasteiger charge is -2.09. The predicted octanol–water partition coefficient (Wildman–Crippen LogP) is 6.51. The molecule has 0 heterocycles.